The van der Waals surface area contributed by atoms with Crippen molar-refractivity contribution in [1.82, 2.24) is 9.88 Å². The molecular formula is C21H18N4O4. The van der Waals surface area contributed by atoms with Gasteiger partial charge < -0.3 is 15.8 Å². The quantitative estimate of drug-likeness (QED) is 0.437. The highest BCUT2D eigenvalue weighted by Crippen LogP contribution is 2.26. The van der Waals surface area contributed by atoms with Gasteiger partial charge in [0, 0.05) is 12.6 Å². The highest BCUT2D eigenvalue weighted by Gasteiger charge is 2.32. The van der Waals surface area contributed by atoms with Gasteiger partial charge in [0.15, 0.2) is 0 Å². The summed E-state index contributed by atoms with van der Waals surface area (Å²) in [6.07, 6.45) is 0. The van der Waals surface area contributed by atoms with E-state index in [4.69, 9.17) is 10.5 Å². The summed E-state index contributed by atoms with van der Waals surface area (Å²) in [6, 6.07) is 17.6. The van der Waals surface area contributed by atoms with Crippen molar-refractivity contribution in [3.8, 4) is 11.4 Å². The van der Waals surface area contributed by atoms with E-state index in [0.717, 1.165) is 11.8 Å². The average molecular weight is 390 g/mol. The van der Waals surface area contributed by atoms with Crippen LogP contribution in [0.2, 0.25) is 0 Å². The van der Waals surface area contributed by atoms with E-state index in [9.17, 15) is 14.4 Å². The van der Waals surface area contributed by atoms with Gasteiger partial charge >= 0.3 is 0 Å². The Morgan fingerprint density at radius 2 is 1.69 bits per heavy atom. The molecule has 0 bridgehead atoms. The number of imide groups is 1. The van der Waals surface area contributed by atoms with Crippen LogP contribution < -0.4 is 26.7 Å². The molecule has 8 heteroatoms. The minimum atomic E-state index is -0.620. The molecule has 0 aliphatic carbocycles. The van der Waals surface area contributed by atoms with E-state index in [-0.39, 0.29) is 16.9 Å². The second-order valence-corrected chi connectivity index (χ2v) is 6.38. The lowest BCUT2D eigenvalue weighted by Gasteiger charge is -2.17. The highest BCUT2D eigenvalue weighted by molar-refractivity contribution is 6.23. The van der Waals surface area contributed by atoms with Crippen molar-refractivity contribution in [2.24, 2.45) is 0 Å². The lowest BCUT2D eigenvalue weighted by Crippen LogP contribution is -2.25. The van der Waals surface area contributed by atoms with Gasteiger partial charge in [0.2, 0.25) is 0 Å². The van der Waals surface area contributed by atoms with E-state index in [1.165, 1.54) is 4.57 Å². The largest absolute Gasteiger partial charge is 0.492 e. The van der Waals surface area contributed by atoms with E-state index in [0.29, 0.717) is 24.5 Å². The number of hydrogen-bond donors (Lipinski definition) is 3. The molecule has 8 nitrogen and oxygen atoms in total. The zero-order chi connectivity index (χ0) is 20.4. The van der Waals surface area contributed by atoms with Crippen molar-refractivity contribution < 1.29 is 14.3 Å². The Bertz CT molecular complexity index is 1160. The van der Waals surface area contributed by atoms with Crippen LogP contribution in [0.25, 0.3) is 5.69 Å². The highest BCUT2D eigenvalue weighted by atomic mass is 16.5. The first-order valence-electron chi connectivity index (χ1n) is 8.98. The number of carbonyl (C=O) groups excluding carboxylic acids is 2. The van der Waals surface area contributed by atoms with E-state index in [1.807, 2.05) is 36.4 Å². The second kappa shape index (κ2) is 7.51. The third-order valence-electron chi connectivity index (χ3n) is 4.53. The Balaban J connectivity index is 1.61. The van der Waals surface area contributed by atoms with Gasteiger partial charge in [-0.25, -0.2) is 0 Å². The molecule has 1 aliphatic rings. The summed E-state index contributed by atoms with van der Waals surface area (Å²) in [5.41, 5.74) is 6.74. The van der Waals surface area contributed by atoms with Gasteiger partial charge in [0.1, 0.15) is 18.2 Å². The number of para-hydroxylation sites is 3. The van der Waals surface area contributed by atoms with Crippen LogP contribution in [-0.2, 0) is 0 Å². The number of hydrogen-bond acceptors (Lipinski definition) is 6. The average Bonchev–Trinajstić information content (AvgIpc) is 3.00. The molecule has 1 aromatic heterocycles. The molecule has 0 unspecified atom stereocenters. The molecule has 0 fully saturated rings. The maximum absolute atomic E-state index is 12.7. The number of rotatable bonds is 6. The van der Waals surface area contributed by atoms with Gasteiger partial charge in [-0.2, -0.15) is 0 Å². The number of carbonyl (C=O) groups is 2. The predicted molar refractivity (Wildman–Crippen MR) is 109 cm³/mol. The molecule has 2 aromatic carbocycles. The van der Waals surface area contributed by atoms with Crippen LogP contribution in [-0.4, -0.2) is 29.5 Å². The summed E-state index contributed by atoms with van der Waals surface area (Å²) in [7, 11) is 0. The Hall–Kier alpha value is -4.07. The fraction of sp³-hybridized carbons (Fsp3) is 0.0952. The van der Waals surface area contributed by atoms with E-state index in [1.54, 1.807) is 18.2 Å². The monoisotopic (exact) mass is 390 g/mol. The van der Waals surface area contributed by atoms with Gasteiger partial charge in [0.05, 0.1) is 22.5 Å². The van der Waals surface area contributed by atoms with Gasteiger partial charge in [-0.1, -0.05) is 30.3 Å². The number of nitrogens with two attached hydrogens (primary N) is 1. The van der Waals surface area contributed by atoms with Gasteiger partial charge in [-0.05, 0) is 24.3 Å². The van der Waals surface area contributed by atoms with Crippen molar-refractivity contribution in [3.05, 3.63) is 82.1 Å². The third kappa shape index (κ3) is 3.43. The minimum Gasteiger partial charge on any atom is -0.492 e. The maximum Gasteiger partial charge on any atom is 0.262 e. The Morgan fingerprint density at radius 3 is 2.48 bits per heavy atom. The fourth-order valence-corrected chi connectivity index (χ4v) is 3.22. The zero-order valence-electron chi connectivity index (χ0n) is 15.3. The number of nitrogens with zero attached hydrogens (tertiary/aromatic N) is 1. The summed E-state index contributed by atoms with van der Waals surface area (Å²) in [5, 5.41) is 5.38. The van der Waals surface area contributed by atoms with Crippen LogP contribution in [0.4, 0.5) is 11.5 Å². The summed E-state index contributed by atoms with van der Waals surface area (Å²) in [5.74, 6) is -0.550. The molecule has 146 valence electrons. The molecule has 2 amide bonds. The van der Waals surface area contributed by atoms with Crippen molar-refractivity contribution >= 4 is 23.3 Å². The standard InChI is InChI=1S/C21H18N4O4/c22-19-18-14(20(27)24-21(18)28)12-17(26)25(19)16-9-5-4-8-15(16)23-10-11-29-13-6-2-1-3-7-13/h1-9,12,23H,10-11,22H2,(H,24,27,28). The van der Waals surface area contributed by atoms with Gasteiger partial charge in [-0.15, -0.1) is 0 Å². The first-order valence-corrected chi connectivity index (χ1v) is 8.98. The van der Waals surface area contributed by atoms with Crippen molar-refractivity contribution in [3.63, 3.8) is 0 Å². The number of aromatic nitrogens is 1. The van der Waals surface area contributed by atoms with Gasteiger partial charge in [-0.3, -0.25) is 24.3 Å². The molecule has 0 radical (unpaired) electrons. The number of pyridine rings is 1. The third-order valence-corrected chi connectivity index (χ3v) is 4.53. The normalized spacial score (nSPS) is 12.4. The fourth-order valence-electron chi connectivity index (χ4n) is 3.22. The first-order chi connectivity index (χ1) is 14.1. The molecule has 4 rings (SSSR count). The summed E-state index contributed by atoms with van der Waals surface area (Å²) in [6.45, 7) is 0.883. The minimum absolute atomic E-state index is 0.00421. The number of nitrogen functional groups attached to an aromatic ring is 1. The molecule has 2 heterocycles. The van der Waals surface area contributed by atoms with Crippen LogP contribution in [0.15, 0.2) is 65.5 Å². The summed E-state index contributed by atoms with van der Waals surface area (Å²) in [4.78, 5) is 36.5. The molecule has 3 aromatic rings. The molecule has 1 aliphatic heterocycles. The predicted octanol–water partition coefficient (Wildman–Crippen LogP) is 1.79. The van der Waals surface area contributed by atoms with Crippen LogP contribution in [0.1, 0.15) is 20.7 Å². The smallest absolute Gasteiger partial charge is 0.262 e. The SMILES string of the molecule is Nc1c2c(cc(=O)n1-c1ccccc1NCCOc1ccccc1)C(=O)NC2=O. The summed E-state index contributed by atoms with van der Waals surface area (Å²) < 4.78 is 6.88. The molecule has 29 heavy (non-hydrogen) atoms. The van der Waals surface area contributed by atoms with E-state index < -0.39 is 17.4 Å². The lowest BCUT2D eigenvalue weighted by atomic mass is 10.1. The Kier molecular flexibility index (Phi) is 4.74. The number of amides is 2. The summed E-state index contributed by atoms with van der Waals surface area (Å²) >= 11 is 0. The van der Waals surface area contributed by atoms with E-state index in [2.05, 4.69) is 10.6 Å². The molecule has 0 saturated carbocycles. The second-order valence-electron chi connectivity index (χ2n) is 6.38. The molecule has 0 saturated heterocycles. The van der Waals surface area contributed by atoms with Crippen LogP contribution in [0.3, 0.4) is 0 Å². The van der Waals surface area contributed by atoms with Crippen LogP contribution in [0, 0.1) is 0 Å². The number of fused-ring (bicyclic) bond motifs is 1. The molecule has 0 spiro atoms. The number of anilines is 2. The number of nitrogens with one attached hydrogen (secondary N) is 2. The topological polar surface area (TPSA) is 115 Å². The van der Waals surface area contributed by atoms with Gasteiger partial charge in [0.25, 0.3) is 17.4 Å². The number of ether oxygens (including phenoxy) is 1. The Morgan fingerprint density at radius 1 is 0.966 bits per heavy atom. The maximum atomic E-state index is 12.7. The molecule has 4 N–H and O–H groups in total. The van der Waals surface area contributed by atoms with Crippen molar-refractivity contribution in [1.29, 1.82) is 0 Å². The van der Waals surface area contributed by atoms with Crippen LogP contribution in [0.5, 0.6) is 5.75 Å². The van der Waals surface area contributed by atoms with Crippen molar-refractivity contribution in [2.75, 3.05) is 24.2 Å². The molecular weight excluding hydrogens is 372 g/mol. The zero-order valence-corrected chi connectivity index (χ0v) is 15.3. The Labute approximate surface area is 165 Å². The number of benzene rings is 2. The van der Waals surface area contributed by atoms with E-state index >= 15 is 0 Å². The lowest BCUT2D eigenvalue weighted by molar-refractivity contribution is 0.0880. The first kappa shape index (κ1) is 18.3. The van der Waals surface area contributed by atoms with Crippen LogP contribution >= 0.6 is 0 Å². The molecule has 0 atom stereocenters. The van der Waals surface area contributed by atoms with Crippen molar-refractivity contribution in [2.45, 2.75) is 0 Å².